The SMILES string of the molecule is Cn1nccc1C(=O)N1CCCC(c2nc(-c3cccnc3)no2)CCNC(=O)CC1. The zero-order chi connectivity index (χ0) is 21.6. The zero-order valence-electron chi connectivity index (χ0n) is 17.4. The number of rotatable bonds is 3. The summed E-state index contributed by atoms with van der Waals surface area (Å²) in [5.41, 5.74) is 1.29. The van der Waals surface area contributed by atoms with Crippen LogP contribution in [0.15, 0.2) is 41.3 Å². The molecule has 0 aromatic carbocycles. The Labute approximate surface area is 179 Å². The molecule has 4 heterocycles. The third-order valence-electron chi connectivity index (χ3n) is 5.44. The van der Waals surface area contributed by atoms with E-state index in [1.54, 1.807) is 41.3 Å². The number of pyridine rings is 1. The molecule has 1 unspecified atom stereocenters. The molecule has 10 nitrogen and oxygen atoms in total. The lowest BCUT2D eigenvalue weighted by molar-refractivity contribution is -0.121. The van der Waals surface area contributed by atoms with Gasteiger partial charge in [-0.3, -0.25) is 19.3 Å². The van der Waals surface area contributed by atoms with Crippen LogP contribution in [0.25, 0.3) is 11.4 Å². The summed E-state index contributed by atoms with van der Waals surface area (Å²) in [6.45, 7) is 1.42. The molecule has 0 spiro atoms. The fourth-order valence-corrected chi connectivity index (χ4v) is 3.70. The van der Waals surface area contributed by atoms with Crippen LogP contribution in [0.3, 0.4) is 0 Å². The Balaban J connectivity index is 1.48. The van der Waals surface area contributed by atoms with E-state index < -0.39 is 0 Å². The molecule has 0 saturated carbocycles. The minimum absolute atomic E-state index is 0.00928. The van der Waals surface area contributed by atoms with Gasteiger partial charge in [-0.05, 0) is 37.5 Å². The zero-order valence-corrected chi connectivity index (χ0v) is 17.4. The van der Waals surface area contributed by atoms with Crippen LogP contribution in [-0.2, 0) is 11.8 Å². The van der Waals surface area contributed by atoms with Crippen molar-refractivity contribution in [3.63, 3.8) is 0 Å². The lowest BCUT2D eigenvalue weighted by atomic mass is 9.99. The van der Waals surface area contributed by atoms with E-state index in [4.69, 9.17) is 4.52 Å². The highest BCUT2D eigenvalue weighted by Gasteiger charge is 2.24. The quantitative estimate of drug-likeness (QED) is 0.682. The summed E-state index contributed by atoms with van der Waals surface area (Å²) in [5, 5.41) is 11.1. The first-order valence-corrected chi connectivity index (χ1v) is 10.4. The highest BCUT2D eigenvalue weighted by Crippen LogP contribution is 2.26. The van der Waals surface area contributed by atoms with Crippen molar-refractivity contribution in [2.75, 3.05) is 19.6 Å². The minimum atomic E-state index is -0.125. The summed E-state index contributed by atoms with van der Waals surface area (Å²) in [6.07, 6.45) is 7.45. The van der Waals surface area contributed by atoms with E-state index in [1.807, 2.05) is 12.1 Å². The van der Waals surface area contributed by atoms with Gasteiger partial charge in [0.2, 0.25) is 17.6 Å². The lowest BCUT2D eigenvalue weighted by Crippen LogP contribution is -2.36. The number of carbonyl (C=O) groups excluding carboxylic acids is 2. The standard InChI is InChI=1S/C21H25N7O3/c1-27-17(7-11-24-27)21(30)28-12-3-5-15(6-10-23-18(29)8-13-28)20-25-19(26-31-20)16-4-2-9-22-14-16/h2,4,7,9,11,14-15H,3,5-6,8,10,12-13H2,1H3,(H,23,29). The Morgan fingerprint density at radius 3 is 2.90 bits per heavy atom. The molecular weight excluding hydrogens is 398 g/mol. The largest absolute Gasteiger partial charge is 0.356 e. The Hall–Kier alpha value is -3.56. The highest BCUT2D eigenvalue weighted by molar-refractivity contribution is 5.92. The first-order chi connectivity index (χ1) is 15.1. The normalized spacial score (nSPS) is 18.3. The number of amides is 2. The summed E-state index contributed by atoms with van der Waals surface area (Å²) in [7, 11) is 1.73. The Morgan fingerprint density at radius 2 is 2.13 bits per heavy atom. The molecule has 162 valence electrons. The molecule has 1 saturated heterocycles. The van der Waals surface area contributed by atoms with Gasteiger partial charge in [-0.15, -0.1) is 0 Å². The number of carbonyl (C=O) groups is 2. The van der Waals surface area contributed by atoms with Crippen LogP contribution < -0.4 is 5.32 Å². The van der Waals surface area contributed by atoms with Gasteiger partial charge in [0.25, 0.3) is 5.91 Å². The predicted octanol–water partition coefficient (Wildman–Crippen LogP) is 1.78. The Morgan fingerprint density at radius 1 is 1.23 bits per heavy atom. The van der Waals surface area contributed by atoms with Crippen molar-refractivity contribution >= 4 is 11.8 Å². The molecule has 1 atom stereocenters. The minimum Gasteiger partial charge on any atom is -0.356 e. The first kappa shape index (κ1) is 20.7. The van der Waals surface area contributed by atoms with Crippen LogP contribution in [0.5, 0.6) is 0 Å². The maximum Gasteiger partial charge on any atom is 0.272 e. The van der Waals surface area contributed by atoms with E-state index in [0.717, 1.165) is 18.4 Å². The van der Waals surface area contributed by atoms with E-state index in [2.05, 4.69) is 25.5 Å². The van der Waals surface area contributed by atoms with E-state index in [9.17, 15) is 9.59 Å². The molecule has 31 heavy (non-hydrogen) atoms. The van der Waals surface area contributed by atoms with Crippen LogP contribution in [0.2, 0.25) is 0 Å². The highest BCUT2D eigenvalue weighted by atomic mass is 16.5. The molecule has 0 aliphatic carbocycles. The molecule has 2 amide bonds. The van der Waals surface area contributed by atoms with Crippen molar-refractivity contribution in [3.05, 3.63) is 48.4 Å². The number of hydrogen-bond acceptors (Lipinski definition) is 7. The van der Waals surface area contributed by atoms with Crippen molar-refractivity contribution in [2.45, 2.75) is 31.6 Å². The van der Waals surface area contributed by atoms with Crippen molar-refractivity contribution in [3.8, 4) is 11.4 Å². The maximum absolute atomic E-state index is 12.9. The van der Waals surface area contributed by atoms with Gasteiger partial charge in [0, 0.05) is 63.2 Å². The van der Waals surface area contributed by atoms with Gasteiger partial charge < -0.3 is 14.7 Å². The Kier molecular flexibility index (Phi) is 6.34. The molecule has 0 radical (unpaired) electrons. The molecule has 10 heteroatoms. The number of aryl methyl sites for hydroxylation is 1. The Bertz CT molecular complexity index is 1030. The summed E-state index contributed by atoms with van der Waals surface area (Å²) >= 11 is 0. The van der Waals surface area contributed by atoms with Crippen LogP contribution >= 0.6 is 0 Å². The fraction of sp³-hybridized carbons (Fsp3) is 0.429. The van der Waals surface area contributed by atoms with E-state index in [1.165, 1.54) is 0 Å². The fourth-order valence-electron chi connectivity index (χ4n) is 3.70. The third kappa shape index (κ3) is 4.96. The van der Waals surface area contributed by atoms with Crippen molar-refractivity contribution in [1.82, 2.24) is 35.1 Å². The summed E-state index contributed by atoms with van der Waals surface area (Å²) in [4.78, 5) is 35.5. The molecule has 0 bridgehead atoms. The van der Waals surface area contributed by atoms with Crippen LogP contribution in [0, 0.1) is 0 Å². The van der Waals surface area contributed by atoms with E-state index >= 15 is 0 Å². The molecule has 1 aliphatic heterocycles. The second-order valence-electron chi connectivity index (χ2n) is 7.56. The molecular formula is C21H25N7O3. The predicted molar refractivity (Wildman–Crippen MR) is 111 cm³/mol. The van der Waals surface area contributed by atoms with Crippen molar-refractivity contribution < 1.29 is 14.1 Å². The maximum atomic E-state index is 12.9. The molecule has 3 aromatic heterocycles. The summed E-state index contributed by atoms with van der Waals surface area (Å²) in [5.74, 6) is 0.821. The molecule has 1 N–H and O–H groups in total. The molecule has 1 fully saturated rings. The number of nitrogens with zero attached hydrogens (tertiary/aromatic N) is 6. The topological polar surface area (TPSA) is 119 Å². The van der Waals surface area contributed by atoms with E-state index in [0.29, 0.717) is 43.5 Å². The number of nitrogens with one attached hydrogen (secondary N) is 1. The molecule has 1 aliphatic rings. The monoisotopic (exact) mass is 423 g/mol. The second kappa shape index (κ2) is 9.50. The van der Waals surface area contributed by atoms with Gasteiger partial charge in [0.15, 0.2) is 0 Å². The van der Waals surface area contributed by atoms with Crippen LogP contribution in [-0.4, -0.2) is 61.3 Å². The third-order valence-corrected chi connectivity index (χ3v) is 5.44. The summed E-state index contributed by atoms with van der Waals surface area (Å²) < 4.78 is 7.09. The lowest BCUT2D eigenvalue weighted by Gasteiger charge is -2.22. The van der Waals surface area contributed by atoms with E-state index in [-0.39, 0.29) is 24.2 Å². The van der Waals surface area contributed by atoms with Crippen LogP contribution in [0.4, 0.5) is 0 Å². The van der Waals surface area contributed by atoms with Gasteiger partial charge in [-0.1, -0.05) is 5.16 Å². The molecule has 4 rings (SSSR count). The van der Waals surface area contributed by atoms with Gasteiger partial charge in [0.05, 0.1) is 0 Å². The average Bonchev–Trinajstić information content (AvgIpc) is 3.43. The second-order valence-corrected chi connectivity index (χ2v) is 7.56. The van der Waals surface area contributed by atoms with Crippen molar-refractivity contribution in [1.29, 1.82) is 0 Å². The van der Waals surface area contributed by atoms with Crippen LogP contribution in [0.1, 0.15) is 48.0 Å². The van der Waals surface area contributed by atoms with Gasteiger partial charge in [-0.2, -0.15) is 10.1 Å². The smallest absolute Gasteiger partial charge is 0.272 e. The number of aromatic nitrogens is 5. The summed E-state index contributed by atoms with van der Waals surface area (Å²) in [6, 6.07) is 5.39. The first-order valence-electron chi connectivity index (χ1n) is 10.4. The van der Waals surface area contributed by atoms with Gasteiger partial charge in [0.1, 0.15) is 5.69 Å². The van der Waals surface area contributed by atoms with Crippen molar-refractivity contribution in [2.24, 2.45) is 7.05 Å². The average molecular weight is 423 g/mol. The van der Waals surface area contributed by atoms with Gasteiger partial charge >= 0.3 is 0 Å². The molecule has 3 aromatic rings. The van der Waals surface area contributed by atoms with Gasteiger partial charge in [-0.25, -0.2) is 0 Å². The number of hydrogen-bond donors (Lipinski definition) is 1.